The van der Waals surface area contributed by atoms with Crippen LogP contribution in [0.1, 0.15) is 16.3 Å². The maximum absolute atomic E-state index is 10.4. The van der Waals surface area contributed by atoms with Gasteiger partial charge in [0, 0.05) is 0 Å². The third kappa shape index (κ3) is 3.00. The Bertz CT molecular complexity index is 430. The molecule has 0 aliphatic carbocycles. The van der Waals surface area contributed by atoms with Gasteiger partial charge in [0.1, 0.15) is 30.7 Å². The molecule has 0 amide bonds. The Balaban J connectivity index is 1.93. The molecule has 5 unspecified atom stereocenters. The minimum Gasteiger partial charge on any atom is -0.456 e. The molecule has 1 aromatic heterocycles. The number of aliphatic hydroxyl groups is 4. The number of aliphatic hydroxyl groups excluding tert-OH is 4. The number of hydrogen-bond acceptors (Lipinski definition) is 8. The summed E-state index contributed by atoms with van der Waals surface area (Å²) in [4.78, 5) is 10.4. The molecule has 0 radical (unpaired) electrons. The van der Waals surface area contributed by atoms with Crippen molar-refractivity contribution in [3.8, 4) is 0 Å². The van der Waals surface area contributed by atoms with E-state index in [1.54, 1.807) is 0 Å². The largest absolute Gasteiger partial charge is 0.456 e. The van der Waals surface area contributed by atoms with Crippen molar-refractivity contribution in [2.24, 2.45) is 0 Å². The van der Waals surface area contributed by atoms with E-state index in [0.29, 0.717) is 12.0 Å². The van der Waals surface area contributed by atoms with Crippen molar-refractivity contribution >= 4 is 6.29 Å². The van der Waals surface area contributed by atoms with E-state index in [-0.39, 0.29) is 12.4 Å². The summed E-state index contributed by atoms with van der Waals surface area (Å²) in [7, 11) is 0. The standard InChI is InChI=1S/C11H14O8/c12-3-5-1-2-6(18-5)4-17-11-9(15)7(13)8(14)10(16)19-11/h1-3,7-11,13-16H,4H2. The van der Waals surface area contributed by atoms with Gasteiger partial charge in [-0.05, 0) is 12.1 Å². The summed E-state index contributed by atoms with van der Waals surface area (Å²) in [6, 6.07) is 2.94. The molecule has 0 spiro atoms. The quantitative estimate of drug-likeness (QED) is 0.481. The summed E-state index contributed by atoms with van der Waals surface area (Å²) in [6.07, 6.45) is -7.17. The Labute approximate surface area is 107 Å². The van der Waals surface area contributed by atoms with Crippen LogP contribution in [0.2, 0.25) is 0 Å². The van der Waals surface area contributed by atoms with E-state index in [0.717, 1.165) is 0 Å². The molecular weight excluding hydrogens is 260 g/mol. The summed E-state index contributed by atoms with van der Waals surface area (Å²) in [6.45, 7) is -0.134. The molecular formula is C11H14O8. The molecule has 1 aliphatic rings. The van der Waals surface area contributed by atoms with Gasteiger partial charge in [-0.2, -0.15) is 0 Å². The van der Waals surface area contributed by atoms with Gasteiger partial charge in [0.05, 0.1) is 0 Å². The molecule has 4 N–H and O–H groups in total. The number of rotatable bonds is 4. The van der Waals surface area contributed by atoms with Crippen LogP contribution in [0.15, 0.2) is 16.5 Å². The van der Waals surface area contributed by atoms with Crippen molar-refractivity contribution in [1.29, 1.82) is 0 Å². The van der Waals surface area contributed by atoms with Crippen molar-refractivity contribution in [1.82, 2.24) is 0 Å². The molecule has 106 valence electrons. The molecule has 19 heavy (non-hydrogen) atoms. The lowest BCUT2D eigenvalue weighted by atomic mass is 10.0. The van der Waals surface area contributed by atoms with Crippen molar-refractivity contribution in [3.63, 3.8) is 0 Å². The minimum absolute atomic E-state index is 0.124. The van der Waals surface area contributed by atoms with Crippen LogP contribution in [0, 0.1) is 0 Å². The highest BCUT2D eigenvalue weighted by Gasteiger charge is 2.43. The SMILES string of the molecule is O=Cc1ccc(COC2OC(O)C(O)C(O)C2O)o1. The smallest absolute Gasteiger partial charge is 0.189 e. The average molecular weight is 274 g/mol. The van der Waals surface area contributed by atoms with Gasteiger partial charge in [0.15, 0.2) is 24.6 Å². The predicted octanol–water partition coefficient (Wildman–Crippen LogP) is -1.63. The molecule has 1 fully saturated rings. The second kappa shape index (κ2) is 5.78. The van der Waals surface area contributed by atoms with Gasteiger partial charge >= 0.3 is 0 Å². The average Bonchev–Trinajstić information content (AvgIpc) is 2.87. The number of ether oxygens (including phenoxy) is 2. The molecule has 1 aliphatic heterocycles. The molecule has 0 saturated carbocycles. The number of aldehydes is 1. The van der Waals surface area contributed by atoms with Crippen LogP contribution in [-0.4, -0.2) is 57.6 Å². The molecule has 1 saturated heterocycles. The monoisotopic (exact) mass is 274 g/mol. The molecule has 2 rings (SSSR count). The highest BCUT2D eigenvalue weighted by molar-refractivity contribution is 5.70. The first-order valence-electron chi connectivity index (χ1n) is 5.56. The van der Waals surface area contributed by atoms with Crippen molar-refractivity contribution in [3.05, 3.63) is 23.7 Å². The number of hydrogen-bond donors (Lipinski definition) is 4. The summed E-state index contributed by atoms with van der Waals surface area (Å²) < 4.78 is 14.9. The lowest BCUT2D eigenvalue weighted by Crippen LogP contribution is -2.58. The zero-order valence-electron chi connectivity index (χ0n) is 9.75. The van der Waals surface area contributed by atoms with E-state index >= 15 is 0 Å². The number of carbonyl (C=O) groups excluding carboxylic acids is 1. The van der Waals surface area contributed by atoms with Crippen LogP contribution in [0.5, 0.6) is 0 Å². The molecule has 8 heteroatoms. The van der Waals surface area contributed by atoms with E-state index in [4.69, 9.17) is 13.9 Å². The fraction of sp³-hybridized carbons (Fsp3) is 0.545. The second-order valence-corrected chi connectivity index (χ2v) is 4.10. The fourth-order valence-electron chi connectivity index (χ4n) is 1.67. The Hall–Kier alpha value is -1.29. The fourth-order valence-corrected chi connectivity index (χ4v) is 1.67. The van der Waals surface area contributed by atoms with Crippen LogP contribution >= 0.6 is 0 Å². The van der Waals surface area contributed by atoms with E-state index in [9.17, 15) is 25.2 Å². The molecule has 2 heterocycles. The third-order valence-electron chi connectivity index (χ3n) is 2.73. The Kier molecular flexibility index (Phi) is 4.30. The van der Waals surface area contributed by atoms with Crippen molar-refractivity contribution in [2.75, 3.05) is 0 Å². The summed E-state index contributed by atoms with van der Waals surface area (Å²) >= 11 is 0. The van der Waals surface area contributed by atoms with Crippen LogP contribution in [0.3, 0.4) is 0 Å². The van der Waals surface area contributed by atoms with E-state index in [1.807, 2.05) is 0 Å². The van der Waals surface area contributed by atoms with Gasteiger partial charge in [0.2, 0.25) is 0 Å². The summed E-state index contributed by atoms with van der Waals surface area (Å²) in [5, 5.41) is 37.6. The van der Waals surface area contributed by atoms with Crippen LogP contribution in [0.25, 0.3) is 0 Å². The topological polar surface area (TPSA) is 130 Å². The molecule has 8 nitrogen and oxygen atoms in total. The summed E-state index contributed by atoms with van der Waals surface area (Å²) in [5.41, 5.74) is 0. The maximum Gasteiger partial charge on any atom is 0.189 e. The van der Waals surface area contributed by atoms with Crippen molar-refractivity contribution < 1.29 is 39.1 Å². The van der Waals surface area contributed by atoms with Gasteiger partial charge in [-0.25, -0.2) is 0 Å². The predicted molar refractivity (Wildman–Crippen MR) is 57.8 cm³/mol. The highest BCUT2D eigenvalue weighted by atomic mass is 16.7. The normalized spacial score (nSPS) is 35.3. The number of carbonyl (C=O) groups is 1. The van der Waals surface area contributed by atoms with E-state index < -0.39 is 30.9 Å². The van der Waals surface area contributed by atoms with Gasteiger partial charge in [-0.15, -0.1) is 0 Å². The van der Waals surface area contributed by atoms with Gasteiger partial charge in [-0.3, -0.25) is 4.79 Å². The van der Waals surface area contributed by atoms with Crippen LogP contribution in [0.4, 0.5) is 0 Å². The maximum atomic E-state index is 10.4. The van der Waals surface area contributed by atoms with Crippen LogP contribution in [-0.2, 0) is 16.1 Å². The first-order valence-corrected chi connectivity index (χ1v) is 5.56. The lowest BCUT2D eigenvalue weighted by molar-refractivity contribution is -0.342. The third-order valence-corrected chi connectivity index (χ3v) is 2.73. The van der Waals surface area contributed by atoms with E-state index in [2.05, 4.69) is 0 Å². The Morgan fingerprint density at radius 1 is 1.16 bits per heavy atom. The van der Waals surface area contributed by atoms with E-state index in [1.165, 1.54) is 12.1 Å². The Morgan fingerprint density at radius 2 is 1.89 bits per heavy atom. The second-order valence-electron chi connectivity index (χ2n) is 4.10. The highest BCUT2D eigenvalue weighted by Crippen LogP contribution is 2.21. The molecule has 0 aromatic carbocycles. The van der Waals surface area contributed by atoms with Crippen LogP contribution < -0.4 is 0 Å². The minimum atomic E-state index is -1.66. The van der Waals surface area contributed by atoms with Gasteiger partial charge < -0.3 is 34.3 Å². The lowest BCUT2D eigenvalue weighted by Gasteiger charge is -2.37. The Morgan fingerprint density at radius 3 is 2.53 bits per heavy atom. The molecule has 5 atom stereocenters. The molecule has 1 aromatic rings. The first-order chi connectivity index (χ1) is 9.02. The zero-order chi connectivity index (χ0) is 14.0. The van der Waals surface area contributed by atoms with Gasteiger partial charge in [-0.1, -0.05) is 0 Å². The summed E-state index contributed by atoms with van der Waals surface area (Å²) in [5.74, 6) is 0.437. The first kappa shape index (κ1) is 14.1. The zero-order valence-corrected chi connectivity index (χ0v) is 9.75. The molecule has 0 bridgehead atoms. The van der Waals surface area contributed by atoms with Crippen molar-refractivity contribution in [2.45, 2.75) is 37.5 Å². The number of furan rings is 1. The van der Waals surface area contributed by atoms with Gasteiger partial charge in [0.25, 0.3) is 0 Å².